The average molecular weight is 337 g/mol. The van der Waals surface area contributed by atoms with Gasteiger partial charge >= 0.3 is 0 Å². The third-order valence-electron chi connectivity index (χ3n) is 4.46. The predicted molar refractivity (Wildman–Crippen MR) is 92.9 cm³/mol. The van der Waals surface area contributed by atoms with Crippen molar-refractivity contribution in [1.82, 2.24) is 20.4 Å². The van der Waals surface area contributed by atoms with Gasteiger partial charge in [0.2, 0.25) is 5.89 Å². The van der Waals surface area contributed by atoms with E-state index in [-0.39, 0.29) is 18.4 Å². The Hall–Kier alpha value is -1.43. The van der Waals surface area contributed by atoms with Gasteiger partial charge < -0.3 is 9.84 Å². The minimum absolute atomic E-state index is 0. The normalized spacial score (nSPS) is 20.0. The molecule has 2 heterocycles. The van der Waals surface area contributed by atoms with Gasteiger partial charge in [-0.25, -0.2) is 0 Å². The number of nitrogens with one attached hydrogen (secondary N) is 1. The van der Waals surface area contributed by atoms with E-state index in [1.165, 1.54) is 18.4 Å². The molecule has 2 unspecified atom stereocenters. The number of piperidine rings is 1. The first-order chi connectivity index (χ1) is 10.8. The molecule has 0 spiro atoms. The van der Waals surface area contributed by atoms with Crippen molar-refractivity contribution in [2.45, 2.75) is 38.3 Å². The van der Waals surface area contributed by atoms with Crippen LogP contribution in [0.5, 0.6) is 0 Å². The van der Waals surface area contributed by atoms with Crippen molar-refractivity contribution in [3.8, 4) is 0 Å². The summed E-state index contributed by atoms with van der Waals surface area (Å²) in [6.45, 7) is 4.28. The van der Waals surface area contributed by atoms with Crippen LogP contribution in [0.4, 0.5) is 0 Å². The van der Waals surface area contributed by atoms with Crippen LogP contribution in [-0.2, 0) is 6.42 Å². The second-order valence-electron chi connectivity index (χ2n) is 6.01. The number of hydrogen-bond donors (Lipinski definition) is 1. The molecule has 0 bridgehead atoms. The van der Waals surface area contributed by atoms with E-state index in [1.807, 2.05) is 25.2 Å². The van der Waals surface area contributed by atoms with Crippen molar-refractivity contribution in [2.75, 3.05) is 20.1 Å². The number of likely N-dealkylation sites (N-methyl/N-ethyl adjacent to an activating group) is 1. The van der Waals surface area contributed by atoms with E-state index in [0.29, 0.717) is 6.04 Å². The van der Waals surface area contributed by atoms with Gasteiger partial charge in [0.1, 0.15) is 0 Å². The fourth-order valence-electron chi connectivity index (χ4n) is 3.04. The summed E-state index contributed by atoms with van der Waals surface area (Å²) in [5.41, 5.74) is 1.20. The largest absolute Gasteiger partial charge is 0.338 e. The molecule has 1 aliphatic heterocycles. The zero-order valence-electron chi connectivity index (χ0n) is 13.7. The third-order valence-corrected chi connectivity index (χ3v) is 4.46. The highest BCUT2D eigenvalue weighted by atomic mass is 35.5. The SMILES string of the molecule is CNC1CCCN(C(C)c2nc(Cc3ccccc3)no2)C1.Cl. The van der Waals surface area contributed by atoms with Gasteiger partial charge in [-0.05, 0) is 38.9 Å². The summed E-state index contributed by atoms with van der Waals surface area (Å²) in [7, 11) is 2.03. The van der Waals surface area contributed by atoms with Crippen molar-refractivity contribution in [3.05, 3.63) is 47.6 Å². The third kappa shape index (κ3) is 4.53. The number of likely N-dealkylation sites (tertiary alicyclic amines) is 1. The average Bonchev–Trinajstić information content (AvgIpc) is 3.03. The van der Waals surface area contributed by atoms with E-state index in [0.717, 1.165) is 31.2 Å². The summed E-state index contributed by atoms with van der Waals surface area (Å²) in [5, 5.41) is 7.51. The zero-order chi connectivity index (χ0) is 15.4. The van der Waals surface area contributed by atoms with Crippen molar-refractivity contribution in [3.63, 3.8) is 0 Å². The van der Waals surface area contributed by atoms with Crippen molar-refractivity contribution < 1.29 is 4.52 Å². The van der Waals surface area contributed by atoms with Gasteiger partial charge in [0.15, 0.2) is 5.82 Å². The topological polar surface area (TPSA) is 54.2 Å². The maximum Gasteiger partial charge on any atom is 0.243 e. The highest BCUT2D eigenvalue weighted by Crippen LogP contribution is 2.23. The fourth-order valence-corrected chi connectivity index (χ4v) is 3.04. The Bertz CT molecular complexity index is 589. The van der Waals surface area contributed by atoms with Crippen LogP contribution in [-0.4, -0.2) is 41.2 Å². The van der Waals surface area contributed by atoms with Crippen LogP contribution in [0, 0.1) is 0 Å². The van der Waals surface area contributed by atoms with Gasteiger partial charge in [0.25, 0.3) is 0 Å². The lowest BCUT2D eigenvalue weighted by molar-refractivity contribution is 0.126. The number of benzene rings is 1. The molecule has 0 aliphatic carbocycles. The first-order valence-electron chi connectivity index (χ1n) is 8.04. The van der Waals surface area contributed by atoms with Crippen LogP contribution in [0.25, 0.3) is 0 Å². The molecule has 1 aromatic heterocycles. The molecular formula is C17H25ClN4O. The highest BCUT2D eigenvalue weighted by Gasteiger charge is 2.26. The number of hydrogen-bond acceptors (Lipinski definition) is 5. The van der Waals surface area contributed by atoms with E-state index >= 15 is 0 Å². The van der Waals surface area contributed by atoms with E-state index in [9.17, 15) is 0 Å². The minimum atomic E-state index is 0. The first-order valence-corrected chi connectivity index (χ1v) is 8.04. The summed E-state index contributed by atoms with van der Waals surface area (Å²) < 4.78 is 5.50. The molecule has 6 heteroatoms. The molecule has 3 rings (SSSR count). The van der Waals surface area contributed by atoms with Crippen LogP contribution in [0.1, 0.15) is 43.1 Å². The quantitative estimate of drug-likeness (QED) is 0.910. The Balaban J connectivity index is 0.00000192. The lowest BCUT2D eigenvalue weighted by Gasteiger charge is -2.35. The van der Waals surface area contributed by atoms with Crippen LogP contribution in [0.15, 0.2) is 34.9 Å². The van der Waals surface area contributed by atoms with Gasteiger partial charge in [-0.3, -0.25) is 4.90 Å². The molecule has 0 amide bonds. The smallest absolute Gasteiger partial charge is 0.243 e. The second kappa shape index (κ2) is 8.43. The van der Waals surface area contributed by atoms with E-state index < -0.39 is 0 Å². The predicted octanol–water partition coefficient (Wildman–Crippen LogP) is 2.83. The molecule has 1 aliphatic rings. The molecule has 5 nitrogen and oxygen atoms in total. The van der Waals surface area contributed by atoms with Gasteiger partial charge in [-0.15, -0.1) is 12.4 Å². The molecule has 2 atom stereocenters. The van der Waals surface area contributed by atoms with Gasteiger partial charge in [-0.1, -0.05) is 35.5 Å². The van der Waals surface area contributed by atoms with E-state index in [1.54, 1.807) is 0 Å². The van der Waals surface area contributed by atoms with E-state index in [4.69, 9.17) is 4.52 Å². The standard InChI is InChI=1S/C17H24N4O.ClH/c1-13(21-10-6-9-15(12-21)18-2)17-19-16(20-22-17)11-14-7-4-3-5-8-14;/h3-5,7-8,13,15,18H,6,9-12H2,1-2H3;1H. The summed E-state index contributed by atoms with van der Waals surface area (Å²) in [6.07, 6.45) is 3.17. The lowest BCUT2D eigenvalue weighted by atomic mass is 10.0. The number of aromatic nitrogens is 2. The molecule has 1 fully saturated rings. The molecule has 23 heavy (non-hydrogen) atoms. The Morgan fingerprint density at radius 2 is 2.13 bits per heavy atom. The number of nitrogens with zero attached hydrogens (tertiary/aromatic N) is 3. The maximum atomic E-state index is 5.50. The molecular weight excluding hydrogens is 312 g/mol. The molecule has 1 N–H and O–H groups in total. The Morgan fingerprint density at radius 1 is 1.35 bits per heavy atom. The number of rotatable bonds is 5. The monoisotopic (exact) mass is 336 g/mol. The van der Waals surface area contributed by atoms with Crippen molar-refractivity contribution in [2.24, 2.45) is 0 Å². The first kappa shape index (κ1) is 17.9. The summed E-state index contributed by atoms with van der Waals surface area (Å²) in [5.74, 6) is 1.48. The zero-order valence-corrected chi connectivity index (χ0v) is 14.6. The molecule has 1 aromatic carbocycles. The van der Waals surface area contributed by atoms with Crippen molar-refractivity contribution >= 4 is 12.4 Å². The van der Waals surface area contributed by atoms with Crippen LogP contribution >= 0.6 is 12.4 Å². The Kier molecular flexibility index (Phi) is 6.57. The maximum absolute atomic E-state index is 5.50. The van der Waals surface area contributed by atoms with Crippen LogP contribution in [0.2, 0.25) is 0 Å². The fraction of sp³-hybridized carbons (Fsp3) is 0.529. The van der Waals surface area contributed by atoms with Gasteiger partial charge in [-0.2, -0.15) is 4.98 Å². The summed E-state index contributed by atoms with van der Waals surface area (Å²) in [6, 6.07) is 11.0. The Labute approximate surface area is 143 Å². The summed E-state index contributed by atoms with van der Waals surface area (Å²) in [4.78, 5) is 7.01. The second-order valence-corrected chi connectivity index (χ2v) is 6.01. The Morgan fingerprint density at radius 3 is 2.87 bits per heavy atom. The van der Waals surface area contributed by atoms with Gasteiger partial charge in [0, 0.05) is 19.0 Å². The van der Waals surface area contributed by atoms with Crippen LogP contribution < -0.4 is 5.32 Å². The van der Waals surface area contributed by atoms with Crippen LogP contribution in [0.3, 0.4) is 0 Å². The summed E-state index contributed by atoms with van der Waals surface area (Å²) >= 11 is 0. The minimum Gasteiger partial charge on any atom is -0.338 e. The molecule has 126 valence electrons. The highest BCUT2D eigenvalue weighted by molar-refractivity contribution is 5.85. The molecule has 0 radical (unpaired) electrons. The van der Waals surface area contributed by atoms with Crippen molar-refractivity contribution in [1.29, 1.82) is 0 Å². The lowest BCUT2D eigenvalue weighted by Crippen LogP contribution is -2.45. The number of halogens is 1. The van der Waals surface area contributed by atoms with E-state index in [2.05, 4.69) is 39.4 Å². The van der Waals surface area contributed by atoms with Gasteiger partial charge in [0.05, 0.1) is 6.04 Å². The molecule has 2 aromatic rings. The molecule has 0 saturated carbocycles. The molecule has 1 saturated heterocycles.